The molecule has 0 aliphatic carbocycles. The summed E-state index contributed by atoms with van der Waals surface area (Å²) in [5.41, 5.74) is 10.8. The number of anilines is 1. The molecule has 0 aliphatic heterocycles. The molecule has 0 amide bonds. The van der Waals surface area contributed by atoms with Crippen LogP contribution in [0.25, 0.3) is 16.9 Å². The summed E-state index contributed by atoms with van der Waals surface area (Å²) >= 11 is 0. The molecule has 2 N–H and O–H groups in total. The molecule has 0 bridgehead atoms. The summed E-state index contributed by atoms with van der Waals surface area (Å²) in [6.45, 7) is 2.09. The summed E-state index contributed by atoms with van der Waals surface area (Å²) < 4.78 is 1.96. The number of pyridine rings is 1. The lowest BCUT2D eigenvalue weighted by Crippen LogP contribution is -1.88. The number of hydrogen-bond acceptors (Lipinski definition) is 2. The molecule has 0 radical (unpaired) electrons. The van der Waals surface area contributed by atoms with Crippen molar-refractivity contribution in [2.24, 2.45) is 0 Å². The van der Waals surface area contributed by atoms with Gasteiger partial charge in [-0.3, -0.25) is 0 Å². The first-order valence-corrected chi connectivity index (χ1v) is 5.54. The van der Waals surface area contributed by atoms with E-state index in [9.17, 15) is 0 Å². The second kappa shape index (κ2) is 3.63. The second-order valence-electron chi connectivity index (χ2n) is 4.17. The average Bonchev–Trinajstić information content (AvgIpc) is 2.72. The highest BCUT2D eigenvalue weighted by Gasteiger charge is 2.06. The molecule has 3 heteroatoms. The number of nitrogens with zero attached hydrogens (tertiary/aromatic N) is 2. The van der Waals surface area contributed by atoms with Gasteiger partial charge >= 0.3 is 0 Å². The first-order chi connectivity index (χ1) is 8.24. The van der Waals surface area contributed by atoms with Gasteiger partial charge in [0.25, 0.3) is 0 Å². The maximum Gasteiger partial charge on any atom is 0.137 e. The molecule has 0 aliphatic rings. The lowest BCUT2D eigenvalue weighted by atomic mass is 10.1. The number of imidazole rings is 1. The highest BCUT2D eigenvalue weighted by atomic mass is 15.0. The molecule has 0 unspecified atom stereocenters. The van der Waals surface area contributed by atoms with E-state index in [4.69, 9.17) is 5.73 Å². The Hall–Kier alpha value is -2.29. The summed E-state index contributed by atoms with van der Waals surface area (Å²) in [7, 11) is 0. The molecule has 17 heavy (non-hydrogen) atoms. The number of nitrogens with two attached hydrogens (primary N) is 1. The normalized spacial score (nSPS) is 10.9. The number of aromatic nitrogens is 2. The highest BCUT2D eigenvalue weighted by molar-refractivity contribution is 5.66. The average molecular weight is 223 g/mol. The Kier molecular flexibility index (Phi) is 2.11. The molecule has 0 saturated heterocycles. The summed E-state index contributed by atoms with van der Waals surface area (Å²) in [4.78, 5) is 4.59. The van der Waals surface area contributed by atoms with Crippen molar-refractivity contribution in [3.8, 4) is 11.3 Å². The van der Waals surface area contributed by atoms with Gasteiger partial charge in [0, 0.05) is 23.6 Å². The Labute approximate surface area is 99.5 Å². The molecule has 0 atom stereocenters. The van der Waals surface area contributed by atoms with Crippen molar-refractivity contribution in [3.63, 3.8) is 0 Å². The summed E-state index contributed by atoms with van der Waals surface area (Å²) in [6.07, 6.45) is 3.89. The number of hydrogen-bond donors (Lipinski definition) is 1. The van der Waals surface area contributed by atoms with Crippen molar-refractivity contribution in [3.05, 3.63) is 54.4 Å². The summed E-state index contributed by atoms with van der Waals surface area (Å²) in [5, 5.41) is 0. The standard InChI is InChI=1S/C14H13N3/c1-10-4-2-3-5-12(10)13-9-17-8-11(15)6-7-14(17)16-13/h2-9H,15H2,1H3. The molecule has 3 aromatic rings. The van der Waals surface area contributed by atoms with Crippen molar-refractivity contribution in [1.82, 2.24) is 9.38 Å². The zero-order valence-corrected chi connectivity index (χ0v) is 9.59. The maximum atomic E-state index is 5.75. The van der Waals surface area contributed by atoms with E-state index in [1.54, 1.807) is 0 Å². The second-order valence-corrected chi connectivity index (χ2v) is 4.17. The van der Waals surface area contributed by atoms with Crippen LogP contribution in [0.1, 0.15) is 5.56 Å². The molecule has 3 rings (SSSR count). The van der Waals surface area contributed by atoms with Gasteiger partial charge in [-0.05, 0) is 24.6 Å². The fourth-order valence-electron chi connectivity index (χ4n) is 2.00. The number of nitrogen functional groups attached to an aromatic ring is 1. The van der Waals surface area contributed by atoms with E-state index in [1.807, 2.05) is 41.1 Å². The monoisotopic (exact) mass is 223 g/mol. The SMILES string of the molecule is Cc1ccccc1-c1cn2cc(N)ccc2n1. The molecule has 2 heterocycles. The van der Waals surface area contributed by atoms with E-state index >= 15 is 0 Å². The highest BCUT2D eigenvalue weighted by Crippen LogP contribution is 2.22. The predicted octanol–water partition coefficient (Wildman–Crippen LogP) is 2.89. The van der Waals surface area contributed by atoms with Crippen molar-refractivity contribution in [2.75, 3.05) is 5.73 Å². The van der Waals surface area contributed by atoms with Crippen molar-refractivity contribution < 1.29 is 0 Å². The third-order valence-electron chi connectivity index (χ3n) is 2.89. The number of rotatable bonds is 1. The van der Waals surface area contributed by atoms with Gasteiger partial charge < -0.3 is 10.1 Å². The van der Waals surface area contributed by atoms with Gasteiger partial charge in [0.2, 0.25) is 0 Å². The summed E-state index contributed by atoms with van der Waals surface area (Å²) in [6, 6.07) is 12.0. The molecule has 3 nitrogen and oxygen atoms in total. The Morgan fingerprint density at radius 2 is 1.88 bits per heavy atom. The van der Waals surface area contributed by atoms with Crippen molar-refractivity contribution in [2.45, 2.75) is 6.92 Å². The molecule has 1 aromatic carbocycles. The van der Waals surface area contributed by atoms with Crippen LogP contribution in [0.3, 0.4) is 0 Å². The van der Waals surface area contributed by atoms with Crippen LogP contribution in [0.15, 0.2) is 48.8 Å². The van der Waals surface area contributed by atoms with Gasteiger partial charge in [0.15, 0.2) is 0 Å². The van der Waals surface area contributed by atoms with Crippen LogP contribution in [0.4, 0.5) is 5.69 Å². The third-order valence-corrected chi connectivity index (χ3v) is 2.89. The zero-order chi connectivity index (χ0) is 11.8. The van der Waals surface area contributed by atoms with Gasteiger partial charge in [-0.2, -0.15) is 0 Å². The van der Waals surface area contributed by atoms with E-state index in [0.717, 1.165) is 22.6 Å². The number of fused-ring (bicyclic) bond motifs is 1. The minimum absolute atomic E-state index is 0.742. The predicted molar refractivity (Wildman–Crippen MR) is 69.8 cm³/mol. The maximum absolute atomic E-state index is 5.75. The Bertz CT molecular complexity index is 683. The summed E-state index contributed by atoms with van der Waals surface area (Å²) in [5.74, 6) is 0. The number of benzene rings is 1. The Balaban J connectivity index is 2.22. The van der Waals surface area contributed by atoms with Gasteiger partial charge in [-0.1, -0.05) is 24.3 Å². The minimum atomic E-state index is 0.742. The van der Waals surface area contributed by atoms with Crippen LogP contribution in [0.5, 0.6) is 0 Å². The van der Waals surface area contributed by atoms with Gasteiger partial charge in [0.1, 0.15) is 5.65 Å². The van der Waals surface area contributed by atoms with Crippen LogP contribution in [-0.4, -0.2) is 9.38 Å². The molecule has 2 aromatic heterocycles. The lowest BCUT2D eigenvalue weighted by molar-refractivity contribution is 1.19. The Morgan fingerprint density at radius 1 is 1.06 bits per heavy atom. The van der Waals surface area contributed by atoms with E-state index < -0.39 is 0 Å². The van der Waals surface area contributed by atoms with Crippen LogP contribution >= 0.6 is 0 Å². The first kappa shape index (κ1) is 9.90. The Morgan fingerprint density at radius 3 is 2.71 bits per heavy atom. The van der Waals surface area contributed by atoms with Crippen LogP contribution < -0.4 is 5.73 Å². The first-order valence-electron chi connectivity index (χ1n) is 5.54. The fourth-order valence-corrected chi connectivity index (χ4v) is 2.00. The molecule has 0 fully saturated rings. The van der Waals surface area contributed by atoms with Crippen molar-refractivity contribution in [1.29, 1.82) is 0 Å². The fraction of sp³-hybridized carbons (Fsp3) is 0.0714. The lowest BCUT2D eigenvalue weighted by Gasteiger charge is -1.99. The van der Waals surface area contributed by atoms with Gasteiger partial charge in [-0.25, -0.2) is 4.98 Å². The van der Waals surface area contributed by atoms with E-state index in [2.05, 4.69) is 24.0 Å². The molecule has 84 valence electrons. The van der Waals surface area contributed by atoms with Crippen molar-refractivity contribution >= 4 is 11.3 Å². The smallest absolute Gasteiger partial charge is 0.137 e. The van der Waals surface area contributed by atoms with Gasteiger partial charge in [-0.15, -0.1) is 0 Å². The molecular formula is C14H13N3. The molecule has 0 saturated carbocycles. The molecule has 0 spiro atoms. The minimum Gasteiger partial charge on any atom is -0.398 e. The van der Waals surface area contributed by atoms with Crippen LogP contribution in [0, 0.1) is 6.92 Å². The molecular weight excluding hydrogens is 210 g/mol. The van der Waals surface area contributed by atoms with E-state index in [0.29, 0.717) is 0 Å². The van der Waals surface area contributed by atoms with Crippen LogP contribution in [0.2, 0.25) is 0 Å². The van der Waals surface area contributed by atoms with E-state index in [1.165, 1.54) is 5.56 Å². The largest absolute Gasteiger partial charge is 0.398 e. The topological polar surface area (TPSA) is 43.3 Å². The zero-order valence-electron chi connectivity index (χ0n) is 9.59. The quantitative estimate of drug-likeness (QED) is 0.689. The van der Waals surface area contributed by atoms with E-state index in [-0.39, 0.29) is 0 Å². The van der Waals surface area contributed by atoms with Crippen LogP contribution in [-0.2, 0) is 0 Å². The third kappa shape index (κ3) is 1.65. The van der Waals surface area contributed by atoms with Gasteiger partial charge in [0.05, 0.1) is 5.69 Å². The number of aryl methyl sites for hydroxylation is 1.